The van der Waals surface area contributed by atoms with Crippen molar-refractivity contribution in [2.45, 2.75) is 51.2 Å². The first-order valence-electron chi connectivity index (χ1n) is 9.50. The lowest BCUT2D eigenvalue weighted by Gasteiger charge is -2.35. The molecule has 148 valence electrons. The summed E-state index contributed by atoms with van der Waals surface area (Å²) < 4.78 is 11.3. The van der Waals surface area contributed by atoms with Gasteiger partial charge in [0.2, 0.25) is 0 Å². The van der Waals surface area contributed by atoms with E-state index in [0.717, 1.165) is 51.6 Å². The van der Waals surface area contributed by atoms with Gasteiger partial charge in [-0.3, -0.25) is 9.89 Å². The number of aliphatic imine (C=N–C) groups is 1. The SMILES string of the molecule is CCNC(=NCC1(OC)CCOCC1)N(C)CC1CCCN1CC.I. The van der Waals surface area contributed by atoms with Crippen molar-refractivity contribution < 1.29 is 9.47 Å². The first-order chi connectivity index (χ1) is 11.6. The number of nitrogens with one attached hydrogen (secondary N) is 1. The van der Waals surface area contributed by atoms with Gasteiger partial charge in [-0.25, -0.2) is 0 Å². The number of halogens is 1. The summed E-state index contributed by atoms with van der Waals surface area (Å²) in [7, 11) is 3.95. The lowest BCUT2D eigenvalue weighted by atomic mass is 9.94. The van der Waals surface area contributed by atoms with Crippen molar-refractivity contribution in [3.63, 3.8) is 0 Å². The molecule has 2 saturated heterocycles. The van der Waals surface area contributed by atoms with Gasteiger partial charge in [0.05, 0.1) is 12.1 Å². The van der Waals surface area contributed by atoms with Gasteiger partial charge >= 0.3 is 0 Å². The predicted molar refractivity (Wildman–Crippen MR) is 114 cm³/mol. The Labute approximate surface area is 170 Å². The van der Waals surface area contributed by atoms with Crippen molar-refractivity contribution in [2.75, 3.05) is 60.1 Å². The minimum atomic E-state index is -0.164. The monoisotopic (exact) mass is 468 g/mol. The Kier molecular flexibility index (Phi) is 10.6. The number of ether oxygens (including phenoxy) is 2. The summed E-state index contributed by atoms with van der Waals surface area (Å²) in [4.78, 5) is 9.77. The molecule has 1 unspecified atom stereocenters. The number of likely N-dealkylation sites (tertiary alicyclic amines) is 1. The van der Waals surface area contributed by atoms with Crippen LogP contribution < -0.4 is 5.32 Å². The first-order valence-corrected chi connectivity index (χ1v) is 9.50. The molecule has 0 saturated carbocycles. The fourth-order valence-electron chi connectivity index (χ4n) is 3.78. The summed E-state index contributed by atoms with van der Waals surface area (Å²) >= 11 is 0. The number of hydrogen-bond donors (Lipinski definition) is 1. The number of likely N-dealkylation sites (N-methyl/N-ethyl adjacent to an activating group) is 2. The van der Waals surface area contributed by atoms with Crippen LogP contribution in [0.4, 0.5) is 0 Å². The smallest absolute Gasteiger partial charge is 0.193 e. The number of methoxy groups -OCH3 is 1. The van der Waals surface area contributed by atoms with Crippen LogP contribution >= 0.6 is 24.0 Å². The van der Waals surface area contributed by atoms with Gasteiger partial charge in [-0.05, 0) is 32.9 Å². The van der Waals surface area contributed by atoms with E-state index in [1.165, 1.54) is 19.4 Å². The van der Waals surface area contributed by atoms with Crippen molar-refractivity contribution in [3.05, 3.63) is 0 Å². The highest BCUT2D eigenvalue weighted by molar-refractivity contribution is 14.0. The normalized spacial score (nSPS) is 24.0. The van der Waals surface area contributed by atoms with Gasteiger partial charge < -0.3 is 19.7 Å². The van der Waals surface area contributed by atoms with E-state index in [2.05, 4.69) is 36.0 Å². The standard InChI is InChI=1S/C18H36N4O2.HI/c1-5-19-17(20-15-18(23-4)9-12-24-13-10-18)21(3)14-16-8-7-11-22(16)6-2;/h16H,5-15H2,1-4H3,(H,19,20);1H. The van der Waals surface area contributed by atoms with E-state index in [1.54, 1.807) is 7.11 Å². The lowest BCUT2D eigenvalue weighted by Crippen LogP contribution is -2.47. The third kappa shape index (κ3) is 6.52. The van der Waals surface area contributed by atoms with E-state index in [1.807, 2.05) is 0 Å². The zero-order chi connectivity index (χ0) is 17.4. The van der Waals surface area contributed by atoms with Crippen LogP contribution in [0, 0.1) is 0 Å². The summed E-state index contributed by atoms with van der Waals surface area (Å²) in [5, 5.41) is 3.44. The fraction of sp³-hybridized carbons (Fsp3) is 0.944. The maximum atomic E-state index is 5.81. The number of guanidine groups is 1. The van der Waals surface area contributed by atoms with Crippen molar-refractivity contribution in [1.29, 1.82) is 0 Å². The molecule has 0 amide bonds. The predicted octanol–water partition coefficient (Wildman–Crippen LogP) is 2.18. The molecule has 2 aliphatic heterocycles. The lowest BCUT2D eigenvalue weighted by molar-refractivity contribution is -0.0829. The third-order valence-corrected chi connectivity index (χ3v) is 5.44. The molecule has 7 heteroatoms. The van der Waals surface area contributed by atoms with Gasteiger partial charge in [0, 0.05) is 59.3 Å². The van der Waals surface area contributed by atoms with Crippen LogP contribution in [0.5, 0.6) is 0 Å². The Morgan fingerprint density at radius 2 is 2.08 bits per heavy atom. The number of hydrogen-bond acceptors (Lipinski definition) is 4. The van der Waals surface area contributed by atoms with Crippen molar-refractivity contribution in [1.82, 2.24) is 15.1 Å². The Morgan fingerprint density at radius 1 is 1.36 bits per heavy atom. The molecule has 2 heterocycles. The molecular weight excluding hydrogens is 431 g/mol. The minimum Gasteiger partial charge on any atom is -0.381 e. The molecule has 2 rings (SSSR count). The summed E-state index contributed by atoms with van der Waals surface area (Å²) in [5.41, 5.74) is -0.164. The topological polar surface area (TPSA) is 49.3 Å². The molecule has 0 radical (unpaired) electrons. The molecular formula is C18H37IN4O2. The van der Waals surface area contributed by atoms with Crippen LogP contribution in [0.1, 0.15) is 39.5 Å². The Morgan fingerprint density at radius 3 is 2.68 bits per heavy atom. The van der Waals surface area contributed by atoms with Crippen LogP contribution in [0.25, 0.3) is 0 Å². The molecule has 0 aromatic rings. The third-order valence-electron chi connectivity index (χ3n) is 5.44. The molecule has 0 aromatic heterocycles. The zero-order valence-corrected chi connectivity index (χ0v) is 18.8. The largest absolute Gasteiger partial charge is 0.381 e. The van der Waals surface area contributed by atoms with E-state index in [4.69, 9.17) is 14.5 Å². The van der Waals surface area contributed by atoms with Crippen molar-refractivity contribution in [2.24, 2.45) is 4.99 Å². The van der Waals surface area contributed by atoms with Crippen molar-refractivity contribution in [3.8, 4) is 0 Å². The van der Waals surface area contributed by atoms with Crippen LogP contribution in [0.3, 0.4) is 0 Å². The quantitative estimate of drug-likeness (QED) is 0.353. The van der Waals surface area contributed by atoms with Gasteiger partial charge in [-0.2, -0.15) is 0 Å². The first kappa shape index (κ1) is 22.9. The average molecular weight is 468 g/mol. The molecule has 2 aliphatic rings. The zero-order valence-electron chi connectivity index (χ0n) is 16.4. The minimum absolute atomic E-state index is 0. The van der Waals surface area contributed by atoms with E-state index in [0.29, 0.717) is 12.6 Å². The highest BCUT2D eigenvalue weighted by atomic mass is 127. The summed E-state index contributed by atoms with van der Waals surface area (Å²) in [6.45, 7) is 10.9. The van der Waals surface area contributed by atoms with Crippen molar-refractivity contribution >= 4 is 29.9 Å². The van der Waals surface area contributed by atoms with Gasteiger partial charge in [0.25, 0.3) is 0 Å². The molecule has 0 aromatic carbocycles. The van der Waals surface area contributed by atoms with E-state index < -0.39 is 0 Å². The maximum Gasteiger partial charge on any atom is 0.193 e. The second kappa shape index (κ2) is 11.6. The van der Waals surface area contributed by atoms with E-state index >= 15 is 0 Å². The fourth-order valence-corrected chi connectivity index (χ4v) is 3.78. The molecule has 0 aliphatic carbocycles. The van der Waals surface area contributed by atoms with Gasteiger partial charge in [-0.15, -0.1) is 24.0 Å². The van der Waals surface area contributed by atoms with Crippen LogP contribution in [-0.4, -0.2) is 87.5 Å². The molecule has 6 nitrogen and oxygen atoms in total. The highest BCUT2D eigenvalue weighted by Crippen LogP contribution is 2.25. The second-order valence-electron chi connectivity index (χ2n) is 6.97. The maximum absolute atomic E-state index is 5.81. The summed E-state index contributed by atoms with van der Waals surface area (Å²) in [6, 6.07) is 0.642. The number of nitrogens with zero attached hydrogens (tertiary/aromatic N) is 3. The van der Waals surface area contributed by atoms with E-state index in [9.17, 15) is 0 Å². The molecule has 2 fully saturated rings. The van der Waals surface area contributed by atoms with Crippen LogP contribution in [-0.2, 0) is 9.47 Å². The molecule has 0 bridgehead atoms. The van der Waals surface area contributed by atoms with Gasteiger partial charge in [0.1, 0.15) is 0 Å². The van der Waals surface area contributed by atoms with Gasteiger partial charge in [-0.1, -0.05) is 6.92 Å². The molecule has 1 atom stereocenters. The molecule has 1 N–H and O–H groups in total. The van der Waals surface area contributed by atoms with E-state index in [-0.39, 0.29) is 29.6 Å². The highest BCUT2D eigenvalue weighted by Gasteiger charge is 2.32. The Balaban J connectivity index is 0.00000312. The molecule has 0 spiro atoms. The Hall–Kier alpha value is -0.120. The molecule has 25 heavy (non-hydrogen) atoms. The van der Waals surface area contributed by atoms with Crippen LogP contribution in [0.2, 0.25) is 0 Å². The van der Waals surface area contributed by atoms with Crippen LogP contribution in [0.15, 0.2) is 4.99 Å². The second-order valence-corrected chi connectivity index (χ2v) is 6.97. The average Bonchev–Trinajstić information content (AvgIpc) is 3.06. The summed E-state index contributed by atoms with van der Waals surface area (Å²) in [6.07, 6.45) is 4.44. The Bertz CT molecular complexity index is 403. The summed E-state index contributed by atoms with van der Waals surface area (Å²) in [5.74, 6) is 0.989. The van der Waals surface area contributed by atoms with Gasteiger partial charge in [0.15, 0.2) is 5.96 Å². The number of rotatable bonds is 7.